The van der Waals surface area contributed by atoms with Crippen molar-refractivity contribution in [3.05, 3.63) is 82.3 Å². The van der Waals surface area contributed by atoms with Gasteiger partial charge in [0, 0.05) is 18.4 Å². The topological polar surface area (TPSA) is 39.4 Å². The van der Waals surface area contributed by atoms with Gasteiger partial charge in [-0.05, 0) is 50.7 Å². The van der Waals surface area contributed by atoms with E-state index in [1.165, 1.54) is 10.6 Å². The molecular weight excluding hydrogens is 345 g/mol. The van der Waals surface area contributed by atoms with Gasteiger partial charge in [-0.25, -0.2) is 9.18 Å². The molecule has 0 spiro atoms. The molecule has 0 radical (unpaired) electrons. The Morgan fingerprint density at radius 3 is 2.48 bits per heavy atom. The molecule has 0 fully saturated rings. The van der Waals surface area contributed by atoms with E-state index in [9.17, 15) is 9.18 Å². The number of para-hydroxylation sites is 1. The number of ether oxygens (including phenoxy) is 1. The molecule has 0 saturated carbocycles. The third kappa shape index (κ3) is 4.28. The highest BCUT2D eigenvalue weighted by molar-refractivity contribution is 5.35. The van der Waals surface area contributed by atoms with Crippen molar-refractivity contribution in [3.63, 3.8) is 0 Å². The van der Waals surface area contributed by atoms with E-state index in [1.54, 1.807) is 35.9 Å². The van der Waals surface area contributed by atoms with Gasteiger partial charge in [0.2, 0.25) is 0 Å². The molecule has 0 bridgehead atoms. The molecule has 1 heterocycles. The zero-order valence-corrected chi connectivity index (χ0v) is 15.9. The van der Waals surface area contributed by atoms with Gasteiger partial charge < -0.3 is 4.74 Å². The van der Waals surface area contributed by atoms with Crippen molar-refractivity contribution in [1.29, 1.82) is 0 Å². The summed E-state index contributed by atoms with van der Waals surface area (Å²) in [5, 5.41) is 0. The summed E-state index contributed by atoms with van der Waals surface area (Å²) in [5.41, 5.74) is 1.84. The molecule has 0 saturated heterocycles. The Bertz CT molecular complexity index is 960. The van der Waals surface area contributed by atoms with E-state index in [4.69, 9.17) is 4.74 Å². The van der Waals surface area contributed by atoms with Gasteiger partial charge in [-0.1, -0.05) is 24.3 Å². The molecule has 0 aliphatic rings. The number of halogens is 1. The number of benzene rings is 2. The van der Waals surface area contributed by atoms with Crippen LogP contribution in [-0.4, -0.2) is 27.7 Å². The Labute approximate surface area is 158 Å². The number of rotatable bonds is 7. The number of imidazole rings is 1. The number of aryl methyl sites for hydroxylation is 1. The Morgan fingerprint density at radius 2 is 1.81 bits per heavy atom. The van der Waals surface area contributed by atoms with Crippen LogP contribution in [0.25, 0.3) is 5.69 Å². The molecule has 3 rings (SSSR count). The third-order valence-corrected chi connectivity index (χ3v) is 4.31. The normalized spacial score (nSPS) is 11.1. The predicted octanol–water partition coefficient (Wildman–Crippen LogP) is 3.57. The molecule has 142 valence electrons. The Kier molecular flexibility index (Phi) is 5.76. The number of nitrogens with zero attached hydrogens (tertiary/aromatic N) is 3. The van der Waals surface area contributed by atoms with Gasteiger partial charge in [0.05, 0.1) is 19.0 Å². The van der Waals surface area contributed by atoms with Gasteiger partial charge in [-0.3, -0.25) is 14.0 Å². The third-order valence-electron chi connectivity index (χ3n) is 4.31. The molecule has 0 aliphatic heterocycles. The quantitative estimate of drug-likeness (QED) is 0.639. The van der Waals surface area contributed by atoms with Gasteiger partial charge >= 0.3 is 5.69 Å². The van der Waals surface area contributed by atoms with Crippen LogP contribution in [0.3, 0.4) is 0 Å². The molecule has 0 N–H and O–H groups in total. The molecule has 27 heavy (non-hydrogen) atoms. The summed E-state index contributed by atoms with van der Waals surface area (Å²) in [4.78, 5) is 14.8. The first-order chi connectivity index (χ1) is 13.0. The SMILES string of the molecule is CCOc1ccc(CN(C)Cn2cc(C)n(-c3ccccc3F)c2=O)cc1. The fraction of sp³-hybridized carbons (Fsp3) is 0.286. The summed E-state index contributed by atoms with van der Waals surface area (Å²) in [6.45, 7) is 5.49. The maximum Gasteiger partial charge on any atom is 0.334 e. The van der Waals surface area contributed by atoms with Crippen LogP contribution in [0, 0.1) is 12.7 Å². The lowest BCUT2D eigenvalue weighted by Crippen LogP contribution is -2.30. The second kappa shape index (κ2) is 8.22. The van der Waals surface area contributed by atoms with Crippen molar-refractivity contribution in [2.45, 2.75) is 27.1 Å². The summed E-state index contributed by atoms with van der Waals surface area (Å²) in [6, 6.07) is 14.2. The number of hydrogen-bond acceptors (Lipinski definition) is 3. The molecule has 0 amide bonds. The van der Waals surface area contributed by atoms with E-state index < -0.39 is 5.82 Å². The predicted molar refractivity (Wildman–Crippen MR) is 104 cm³/mol. The Hall–Kier alpha value is -2.86. The molecule has 5 nitrogen and oxygen atoms in total. The molecule has 0 atom stereocenters. The largest absolute Gasteiger partial charge is 0.494 e. The van der Waals surface area contributed by atoms with Gasteiger partial charge in [-0.15, -0.1) is 0 Å². The minimum Gasteiger partial charge on any atom is -0.494 e. The van der Waals surface area contributed by atoms with Crippen molar-refractivity contribution < 1.29 is 9.13 Å². The molecule has 1 aromatic heterocycles. The minimum atomic E-state index is -0.414. The molecule has 2 aromatic carbocycles. The van der Waals surface area contributed by atoms with Crippen molar-refractivity contribution >= 4 is 0 Å². The maximum absolute atomic E-state index is 14.1. The lowest BCUT2D eigenvalue weighted by atomic mass is 10.2. The van der Waals surface area contributed by atoms with E-state index in [0.717, 1.165) is 11.3 Å². The monoisotopic (exact) mass is 369 g/mol. The smallest absolute Gasteiger partial charge is 0.334 e. The molecule has 0 aliphatic carbocycles. The fourth-order valence-electron chi connectivity index (χ4n) is 3.12. The van der Waals surface area contributed by atoms with Gasteiger partial charge in [0.1, 0.15) is 11.6 Å². The van der Waals surface area contributed by atoms with Crippen LogP contribution in [0.2, 0.25) is 0 Å². The van der Waals surface area contributed by atoms with Crippen LogP contribution < -0.4 is 10.4 Å². The van der Waals surface area contributed by atoms with E-state index in [0.29, 0.717) is 25.5 Å². The van der Waals surface area contributed by atoms with Gasteiger partial charge in [0.15, 0.2) is 0 Å². The minimum absolute atomic E-state index is 0.254. The molecule has 0 unspecified atom stereocenters. The van der Waals surface area contributed by atoms with E-state index in [1.807, 2.05) is 43.1 Å². The fourth-order valence-corrected chi connectivity index (χ4v) is 3.12. The summed E-state index contributed by atoms with van der Waals surface area (Å²) in [7, 11) is 1.94. The first-order valence-electron chi connectivity index (χ1n) is 8.93. The average Bonchev–Trinajstić information content (AvgIpc) is 2.91. The summed E-state index contributed by atoms with van der Waals surface area (Å²) in [5.74, 6) is 0.431. The van der Waals surface area contributed by atoms with Crippen LogP contribution in [-0.2, 0) is 13.2 Å². The van der Waals surface area contributed by atoms with Gasteiger partial charge in [0.25, 0.3) is 0 Å². The Balaban J connectivity index is 1.75. The highest BCUT2D eigenvalue weighted by Gasteiger charge is 2.14. The molecular formula is C21H24FN3O2. The second-order valence-corrected chi connectivity index (χ2v) is 6.54. The summed E-state index contributed by atoms with van der Waals surface area (Å²) in [6.07, 6.45) is 1.75. The summed E-state index contributed by atoms with van der Waals surface area (Å²) < 4.78 is 22.5. The van der Waals surface area contributed by atoms with Crippen LogP contribution in [0.4, 0.5) is 4.39 Å². The average molecular weight is 369 g/mol. The second-order valence-electron chi connectivity index (χ2n) is 6.54. The summed E-state index contributed by atoms with van der Waals surface area (Å²) >= 11 is 0. The van der Waals surface area contributed by atoms with Crippen molar-refractivity contribution in [3.8, 4) is 11.4 Å². The standard InChI is InChI=1S/C21H24FN3O2/c1-4-27-18-11-9-17(10-12-18)14-23(3)15-24-13-16(2)25(21(24)26)20-8-6-5-7-19(20)22/h5-13H,4,14-15H2,1-3H3. The molecule has 6 heteroatoms. The van der Waals surface area contributed by atoms with Crippen molar-refractivity contribution in [1.82, 2.24) is 14.0 Å². The zero-order chi connectivity index (χ0) is 19.4. The van der Waals surface area contributed by atoms with Gasteiger partial charge in [-0.2, -0.15) is 0 Å². The van der Waals surface area contributed by atoms with E-state index in [2.05, 4.69) is 0 Å². The first-order valence-corrected chi connectivity index (χ1v) is 8.93. The highest BCUT2D eigenvalue weighted by atomic mass is 19.1. The van der Waals surface area contributed by atoms with E-state index in [-0.39, 0.29) is 11.4 Å². The van der Waals surface area contributed by atoms with Crippen molar-refractivity contribution in [2.75, 3.05) is 13.7 Å². The highest BCUT2D eigenvalue weighted by Crippen LogP contribution is 2.15. The van der Waals surface area contributed by atoms with E-state index >= 15 is 0 Å². The maximum atomic E-state index is 14.1. The van der Waals surface area contributed by atoms with Crippen LogP contribution in [0.1, 0.15) is 18.2 Å². The lowest BCUT2D eigenvalue weighted by Gasteiger charge is -2.17. The lowest BCUT2D eigenvalue weighted by molar-refractivity contribution is 0.256. The van der Waals surface area contributed by atoms with Crippen LogP contribution in [0.5, 0.6) is 5.75 Å². The van der Waals surface area contributed by atoms with Crippen LogP contribution in [0.15, 0.2) is 59.5 Å². The number of hydrogen-bond donors (Lipinski definition) is 0. The zero-order valence-electron chi connectivity index (χ0n) is 15.9. The molecule has 3 aromatic rings. The van der Waals surface area contributed by atoms with Crippen LogP contribution >= 0.6 is 0 Å². The Morgan fingerprint density at radius 1 is 1.11 bits per heavy atom. The van der Waals surface area contributed by atoms with Crippen molar-refractivity contribution in [2.24, 2.45) is 0 Å². The number of aromatic nitrogens is 2. The first kappa shape index (κ1) is 18.9.